The van der Waals surface area contributed by atoms with Crippen LogP contribution in [0.15, 0.2) is 56.8 Å². The van der Waals surface area contributed by atoms with Gasteiger partial charge < -0.3 is 31.0 Å². The number of allylic oxidation sites excluding steroid dienone is 2. The zero-order chi connectivity index (χ0) is 29.0. The van der Waals surface area contributed by atoms with Crippen LogP contribution in [-0.2, 0) is 23.8 Å². The molecule has 0 bridgehead atoms. The third kappa shape index (κ3) is 5.84. The predicted octanol–water partition coefficient (Wildman–Crippen LogP) is 3.17. The molecule has 1 aliphatic carbocycles. The summed E-state index contributed by atoms with van der Waals surface area (Å²) in [6.45, 7) is 7.50. The molecule has 1 saturated carbocycles. The number of guanidine groups is 2. The van der Waals surface area contributed by atoms with Gasteiger partial charge in [-0.25, -0.2) is 14.6 Å². The smallest absolute Gasteiger partial charge is 0.337 e. The molecule has 1 atom stereocenters. The van der Waals surface area contributed by atoms with Gasteiger partial charge in [0.15, 0.2) is 0 Å². The lowest BCUT2D eigenvalue weighted by molar-refractivity contribution is -0.143. The Balaban J connectivity index is 1.83. The molecule has 11 heteroatoms. The number of nitrogens with zero attached hydrogens (tertiary/aromatic N) is 3. The van der Waals surface area contributed by atoms with Gasteiger partial charge in [0.25, 0.3) is 0 Å². The lowest BCUT2D eigenvalue weighted by Crippen LogP contribution is -2.58. The molecule has 40 heavy (non-hydrogen) atoms. The first-order valence-electron chi connectivity index (χ1n) is 13.7. The second-order valence-electron chi connectivity index (χ2n) is 10.6. The van der Waals surface area contributed by atoms with Crippen molar-refractivity contribution in [3.05, 3.63) is 52.4 Å². The molecule has 0 amide bonds. The number of nitrogens with one attached hydrogen (secondary N) is 1. The number of carbonyl (C=O) groups is 2. The molecule has 0 radical (unpaired) electrons. The van der Waals surface area contributed by atoms with E-state index in [1.807, 2.05) is 29.2 Å². The van der Waals surface area contributed by atoms with E-state index in [2.05, 4.69) is 10.3 Å². The number of nitrogens with two attached hydrogens (primary N) is 2. The van der Waals surface area contributed by atoms with E-state index >= 15 is 0 Å². The molecule has 1 unspecified atom stereocenters. The molecule has 1 aromatic carbocycles. The second kappa shape index (κ2) is 12.1. The number of benzene rings is 1. The minimum absolute atomic E-state index is 0.0794. The number of ether oxygens (including phenoxy) is 3. The van der Waals surface area contributed by atoms with E-state index in [-0.39, 0.29) is 31.2 Å². The van der Waals surface area contributed by atoms with Crippen molar-refractivity contribution in [3.8, 4) is 0 Å². The van der Waals surface area contributed by atoms with E-state index in [4.69, 9.17) is 30.7 Å². The fourth-order valence-corrected chi connectivity index (χ4v) is 5.78. The zero-order valence-electron chi connectivity index (χ0n) is 24.0. The van der Waals surface area contributed by atoms with Crippen molar-refractivity contribution in [1.29, 1.82) is 0 Å². The lowest BCUT2D eigenvalue weighted by atomic mass is 9.80. The van der Waals surface area contributed by atoms with Crippen LogP contribution in [0, 0.1) is 0 Å². The van der Waals surface area contributed by atoms with Gasteiger partial charge in [0.05, 0.1) is 29.8 Å². The summed E-state index contributed by atoms with van der Waals surface area (Å²) >= 11 is 0. The Bertz CT molecular complexity index is 1280. The van der Waals surface area contributed by atoms with E-state index in [0.29, 0.717) is 28.1 Å². The van der Waals surface area contributed by atoms with Gasteiger partial charge in [-0.2, -0.15) is 4.99 Å². The number of rotatable bonds is 8. The number of anilines is 1. The van der Waals surface area contributed by atoms with Crippen LogP contribution >= 0.6 is 0 Å². The molecule has 4 rings (SSSR count). The summed E-state index contributed by atoms with van der Waals surface area (Å²) in [5.41, 5.74) is 15.2. The number of dihydropyridines is 1. The first-order valence-corrected chi connectivity index (χ1v) is 13.7. The Morgan fingerprint density at radius 3 is 2.40 bits per heavy atom. The Labute approximate surface area is 235 Å². The fraction of sp³-hybridized carbons (Fsp3) is 0.517. The van der Waals surface area contributed by atoms with Crippen molar-refractivity contribution >= 4 is 29.5 Å². The zero-order valence-corrected chi connectivity index (χ0v) is 24.0. The van der Waals surface area contributed by atoms with E-state index in [1.54, 1.807) is 27.7 Å². The van der Waals surface area contributed by atoms with Crippen molar-refractivity contribution in [1.82, 2.24) is 5.32 Å². The minimum Gasteiger partial charge on any atom is -0.460 e. The second-order valence-corrected chi connectivity index (χ2v) is 10.6. The topological polar surface area (TPSA) is 154 Å². The van der Waals surface area contributed by atoms with Gasteiger partial charge in [0.1, 0.15) is 12.3 Å². The largest absolute Gasteiger partial charge is 0.460 e. The highest BCUT2D eigenvalue weighted by atomic mass is 16.6. The van der Waals surface area contributed by atoms with Crippen LogP contribution in [0.4, 0.5) is 5.69 Å². The number of methoxy groups -OCH3 is 1. The molecular weight excluding hydrogens is 512 g/mol. The summed E-state index contributed by atoms with van der Waals surface area (Å²) in [6.07, 6.45) is 4.30. The van der Waals surface area contributed by atoms with Crippen LogP contribution in [0.3, 0.4) is 0 Å². The minimum atomic E-state index is -0.749. The normalized spacial score (nSPS) is 20.8. The highest BCUT2D eigenvalue weighted by Gasteiger charge is 2.43. The molecule has 1 aromatic rings. The molecule has 1 fully saturated rings. The number of carbonyl (C=O) groups excluding carboxylic acids is 2. The molecule has 2 aliphatic heterocycles. The Morgan fingerprint density at radius 2 is 1.75 bits per heavy atom. The molecule has 1 spiro atoms. The van der Waals surface area contributed by atoms with E-state index < -0.39 is 23.5 Å². The van der Waals surface area contributed by atoms with E-state index in [9.17, 15) is 9.59 Å². The van der Waals surface area contributed by atoms with Crippen molar-refractivity contribution in [2.75, 3.05) is 25.2 Å². The molecular formula is C29H40N6O5. The van der Waals surface area contributed by atoms with Gasteiger partial charge in [-0.15, -0.1) is 0 Å². The van der Waals surface area contributed by atoms with Crippen molar-refractivity contribution in [2.45, 2.75) is 77.5 Å². The van der Waals surface area contributed by atoms with Crippen LogP contribution in [-0.4, -0.2) is 55.9 Å². The Hall–Kier alpha value is -3.86. The summed E-state index contributed by atoms with van der Waals surface area (Å²) < 4.78 is 16.2. The summed E-state index contributed by atoms with van der Waals surface area (Å²) in [5, 5.41) is 3.19. The summed E-state index contributed by atoms with van der Waals surface area (Å²) in [6, 6.07) is 7.61. The molecule has 216 valence electrons. The molecule has 2 heterocycles. The predicted molar refractivity (Wildman–Crippen MR) is 153 cm³/mol. The molecule has 0 aromatic heterocycles. The highest BCUT2D eigenvalue weighted by molar-refractivity contribution is 6.06. The van der Waals surface area contributed by atoms with Gasteiger partial charge >= 0.3 is 11.9 Å². The van der Waals surface area contributed by atoms with E-state index in [1.165, 1.54) is 7.11 Å². The molecule has 3 aliphatic rings. The quantitative estimate of drug-likeness (QED) is 0.326. The number of hydrogen-bond acceptors (Lipinski definition) is 11. The van der Waals surface area contributed by atoms with Gasteiger partial charge in [-0.1, -0.05) is 18.6 Å². The maximum Gasteiger partial charge on any atom is 0.337 e. The summed E-state index contributed by atoms with van der Waals surface area (Å²) in [7, 11) is 1.54. The lowest BCUT2D eigenvalue weighted by Gasteiger charge is -2.45. The van der Waals surface area contributed by atoms with Crippen LogP contribution in [0.25, 0.3) is 0 Å². The average Bonchev–Trinajstić information content (AvgIpc) is 2.88. The van der Waals surface area contributed by atoms with Crippen molar-refractivity contribution in [3.63, 3.8) is 0 Å². The standard InChI is InChI=1S/C29H40N6O5/c1-17(2)40-26(37)23-19(4)32-18(3)22(25(36)39-15-14-38-5)24(23)20-10-9-11-21(16-20)35-28(31)33-27(30)34-29(35)12-7-6-8-13-29/h9-11,16-17,24,32H,6-8,12-15H2,1-5H3,(H4,30,31,33,34). The fourth-order valence-electron chi connectivity index (χ4n) is 5.78. The Kier molecular flexibility index (Phi) is 8.82. The highest BCUT2D eigenvalue weighted by Crippen LogP contribution is 2.43. The third-order valence-electron chi connectivity index (χ3n) is 7.38. The van der Waals surface area contributed by atoms with Crippen molar-refractivity contribution in [2.24, 2.45) is 21.5 Å². The number of aliphatic imine (C=N–C) groups is 2. The third-order valence-corrected chi connectivity index (χ3v) is 7.38. The van der Waals surface area contributed by atoms with E-state index in [0.717, 1.165) is 37.8 Å². The SMILES string of the molecule is COCCOC(=O)C1=C(C)NC(C)=C(C(=O)OC(C)C)C1c1cccc(N2C(N)=NC(N)=NC23CCCCC3)c1. The van der Waals surface area contributed by atoms with Gasteiger partial charge in [0.2, 0.25) is 11.9 Å². The van der Waals surface area contributed by atoms with Crippen LogP contribution in [0.1, 0.15) is 71.3 Å². The average molecular weight is 553 g/mol. The summed E-state index contributed by atoms with van der Waals surface area (Å²) in [5.74, 6) is -1.37. The monoisotopic (exact) mass is 552 g/mol. The number of esters is 2. The Morgan fingerprint density at radius 1 is 1.07 bits per heavy atom. The van der Waals surface area contributed by atoms with Crippen molar-refractivity contribution < 1.29 is 23.8 Å². The first kappa shape index (κ1) is 29.1. The van der Waals surface area contributed by atoms with Crippen LogP contribution in [0.5, 0.6) is 0 Å². The van der Waals surface area contributed by atoms with Crippen LogP contribution in [0.2, 0.25) is 0 Å². The first-order chi connectivity index (χ1) is 19.1. The van der Waals surface area contributed by atoms with Gasteiger partial charge in [0, 0.05) is 24.2 Å². The maximum absolute atomic E-state index is 13.5. The van der Waals surface area contributed by atoms with Crippen LogP contribution < -0.4 is 21.7 Å². The molecule has 11 nitrogen and oxygen atoms in total. The van der Waals surface area contributed by atoms with Gasteiger partial charge in [-0.05, 0) is 71.1 Å². The molecule has 5 N–H and O–H groups in total. The van der Waals surface area contributed by atoms with Gasteiger partial charge in [-0.3, -0.25) is 4.90 Å². The molecule has 0 saturated heterocycles. The maximum atomic E-state index is 13.5. The number of hydrogen-bond donors (Lipinski definition) is 3. The summed E-state index contributed by atoms with van der Waals surface area (Å²) in [4.78, 5) is 37.9.